The number of imide groups is 1. The second kappa shape index (κ2) is 5.25. The lowest BCUT2D eigenvalue weighted by molar-refractivity contribution is 0.0747. The zero-order chi connectivity index (χ0) is 13.0. The SMILES string of the molecule is C/C(=N\N)N1C(=O)c2ccccc2C1=O.CC. The highest BCUT2D eigenvalue weighted by Crippen LogP contribution is 2.22. The van der Waals surface area contributed by atoms with Crippen LogP contribution >= 0.6 is 0 Å². The van der Waals surface area contributed by atoms with Gasteiger partial charge in [-0.25, -0.2) is 4.90 Å². The highest BCUT2D eigenvalue weighted by atomic mass is 16.2. The molecule has 0 radical (unpaired) electrons. The number of hydrogen-bond acceptors (Lipinski definition) is 4. The summed E-state index contributed by atoms with van der Waals surface area (Å²) in [4.78, 5) is 24.5. The Hall–Kier alpha value is -2.17. The van der Waals surface area contributed by atoms with E-state index in [4.69, 9.17) is 5.84 Å². The van der Waals surface area contributed by atoms with Crippen LogP contribution in [0.2, 0.25) is 0 Å². The van der Waals surface area contributed by atoms with Crippen LogP contribution in [0.5, 0.6) is 0 Å². The van der Waals surface area contributed by atoms with Gasteiger partial charge in [0.1, 0.15) is 5.84 Å². The van der Waals surface area contributed by atoms with Crippen molar-refractivity contribution < 1.29 is 9.59 Å². The molecule has 0 saturated heterocycles. The van der Waals surface area contributed by atoms with Gasteiger partial charge in [-0.15, -0.1) is 0 Å². The van der Waals surface area contributed by atoms with E-state index in [9.17, 15) is 9.59 Å². The van der Waals surface area contributed by atoms with Crippen molar-refractivity contribution in [3.05, 3.63) is 35.4 Å². The maximum absolute atomic E-state index is 11.8. The fourth-order valence-electron chi connectivity index (χ4n) is 1.54. The first kappa shape index (κ1) is 12.9. The van der Waals surface area contributed by atoms with E-state index in [1.54, 1.807) is 24.3 Å². The average Bonchev–Trinajstić information content (AvgIpc) is 2.64. The fraction of sp³-hybridized carbons (Fsp3) is 0.250. The molecule has 0 bridgehead atoms. The van der Waals surface area contributed by atoms with Crippen LogP contribution in [0.15, 0.2) is 29.4 Å². The Balaban J connectivity index is 0.000000686. The van der Waals surface area contributed by atoms with Gasteiger partial charge in [0.05, 0.1) is 11.1 Å². The Bertz CT molecular complexity index is 445. The van der Waals surface area contributed by atoms with E-state index in [2.05, 4.69) is 5.10 Å². The number of carbonyl (C=O) groups is 2. The molecule has 2 amide bonds. The molecule has 2 rings (SSSR count). The smallest absolute Gasteiger partial charge is 0.267 e. The molecule has 0 saturated carbocycles. The van der Waals surface area contributed by atoms with E-state index in [-0.39, 0.29) is 17.6 Å². The molecule has 0 fully saturated rings. The van der Waals surface area contributed by atoms with E-state index in [1.165, 1.54) is 6.92 Å². The maximum Gasteiger partial charge on any atom is 0.267 e. The van der Waals surface area contributed by atoms with Crippen LogP contribution in [0.25, 0.3) is 0 Å². The minimum absolute atomic E-state index is 0.196. The van der Waals surface area contributed by atoms with Gasteiger partial charge in [0.25, 0.3) is 11.8 Å². The quantitative estimate of drug-likeness (QED) is 0.243. The van der Waals surface area contributed by atoms with Crippen molar-refractivity contribution in [1.82, 2.24) is 4.90 Å². The largest absolute Gasteiger partial charge is 0.322 e. The summed E-state index contributed by atoms with van der Waals surface area (Å²) in [5, 5.41) is 3.36. The number of carbonyl (C=O) groups excluding carboxylic acids is 2. The Labute approximate surface area is 99.9 Å². The molecule has 2 N–H and O–H groups in total. The molecule has 0 unspecified atom stereocenters. The third-order valence-corrected chi connectivity index (χ3v) is 2.30. The summed E-state index contributed by atoms with van der Waals surface area (Å²) in [6, 6.07) is 6.64. The summed E-state index contributed by atoms with van der Waals surface area (Å²) in [6.45, 7) is 5.52. The highest BCUT2D eigenvalue weighted by molar-refractivity contribution is 6.29. The van der Waals surface area contributed by atoms with Crippen LogP contribution < -0.4 is 5.84 Å². The van der Waals surface area contributed by atoms with Crippen molar-refractivity contribution in [2.24, 2.45) is 10.9 Å². The molecular formula is C12H15N3O2. The average molecular weight is 233 g/mol. The summed E-state index contributed by atoms with van der Waals surface area (Å²) in [5.74, 6) is 4.50. The Morgan fingerprint density at radius 2 is 1.53 bits per heavy atom. The summed E-state index contributed by atoms with van der Waals surface area (Å²) < 4.78 is 0. The molecule has 0 atom stereocenters. The van der Waals surface area contributed by atoms with Crippen molar-refractivity contribution in [1.29, 1.82) is 0 Å². The molecule has 0 spiro atoms. The van der Waals surface area contributed by atoms with Crippen LogP contribution in [0.3, 0.4) is 0 Å². The lowest BCUT2D eigenvalue weighted by Gasteiger charge is -2.10. The monoisotopic (exact) mass is 233 g/mol. The number of amidine groups is 1. The number of benzene rings is 1. The maximum atomic E-state index is 11.8. The van der Waals surface area contributed by atoms with Crippen LogP contribution in [-0.2, 0) is 0 Å². The molecule has 1 aromatic carbocycles. The summed E-state index contributed by atoms with van der Waals surface area (Å²) in [7, 11) is 0. The standard InChI is InChI=1S/C10H9N3O2.C2H6/c1-6(12-11)13-9(14)7-4-2-3-5-8(7)10(13)15;1-2/h2-5H,11H2,1H3;1-2H3/b12-6+;. The third-order valence-electron chi connectivity index (χ3n) is 2.30. The number of rotatable bonds is 0. The van der Waals surface area contributed by atoms with Gasteiger partial charge in [0.2, 0.25) is 0 Å². The van der Waals surface area contributed by atoms with Crippen molar-refractivity contribution in [2.45, 2.75) is 20.8 Å². The first-order valence-electron chi connectivity index (χ1n) is 5.39. The molecule has 17 heavy (non-hydrogen) atoms. The second-order valence-corrected chi connectivity index (χ2v) is 3.17. The molecular weight excluding hydrogens is 218 g/mol. The highest BCUT2D eigenvalue weighted by Gasteiger charge is 2.36. The second-order valence-electron chi connectivity index (χ2n) is 3.17. The van der Waals surface area contributed by atoms with Gasteiger partial charge in [-0.2, -0.15) is 5.10 Å². The van der Waals surface area contributed by atoms with E-state index in [0.717, 1.165) is 4.90 Å². The normalized spacial score (nSPS) is 14.3. The zero-order valence-electron chi connectivity index (χ0n) is 10.1. The van der Waals surface area contributed by atoms with Crippen molar-refractivity contribution in [3.63, 3.8) is 0 Å². The molecule has 90 valence electrons. The predicted octanol–water partition coefficient (Wildman–Crippen LogP) is 1.60. The first-order chi connectivity index (χ1) is 8.16. The van der Waals surface area contributed by atoms with E-state index in [0.29, 0.717) is 11.1 Å². The van der Waals surface area contributed by atoms with Gasteiger partial charge >= 0.3 is 0 Å². The Kier molecular flexibility index (Phi) is 3.98. The van der Waals surface area contributed by atoms with Gasteiger partial charge in [-0.1, -0.05) is 26.0 Å². The summed E-state index contributed by atoms with van der Waals surface area (Å²) in [6.07, 6.45) is 0. The minimum Gasteiger partial charge on any atom is -0.322 e. The van der Waals surface area contributed by atoms with Crippen molar-refractivity contribution in [2.75, 3.05) is 0 Å². The van der Waals surface area contributed by atoms with Crippen molar-refractivity contribution in [3.8, 4) is 0 Å². The van der Waals surface area contributed by atoms with E-state index in [1.807, 2.05) is 13.8 Å². The van der Waals surface area contributed by atoms with Gasteiger partial charge in [-0.3, -0.25) is 9.59 Å². The lowest BCUT2D eigenvalue weighted by atomic mass is 10.1. The predicted molar refractivity (Wildman–Crippen MR) is 65.6 cm³/mol. The lowest BCUT2D eigenvalue weighted by Crippen LogP contribution is -2.34. The first-order valence-corrected chi connectivity index (χ1v) is 5.39. The number of hydrogen-bond donors (Lipinski definition) is 1. The van der Waals surface area contributed by atoms with Gasteiger partial charge < -0.3 is 5.84 Å². The zero-order valence-corrected chi connectivity index (χ0v) is 10.1. The van der Waals surface area contributed by atoms with Gasteiger partial charge in [0, 0.05) is 0 Å². The Morgan fingerprint density at radius 1 is 1.12 bits per heavy atom. The number of nitrogens with two attached hydrogens (primary N) is 1. The number of nitrogens with zero attached hydrogens (tertiary/aromatic N) is 2. The molecule has 1 heterocycles. The molecule has 5 heteroatoms. The van der Waals surface area contributed by atoms with Crippen LogP contribution in [0.4, 0.5) is 0 Å². The third kappa shape index (κ3) is 2.04. The molecule has 1 aliphatic rings. The van der Waals surface area contributed by atoms with Crippen molar-refractivity contribution >= 4 is 17.6 Å². The molecule has 1 aliphatic heterocycles. The summed E-state index contributed by atoms with van der Waals surface area (Å²) in [5.41, 5.74) is 0.788. The molecule has 0 aliphatic carbocycles. The topological polar surface area (TPSA) is 75.8 Å². The van der Waals surface area contributed by atoms with Crippen LogP contribution in [-0.4, -0.2) is 22.5 Å². The van der Waals surface area contributed by atoms with Gasteiger partial charge in [0.15, 0.2) is 0 Å². The van der Waals surface area contributed by atoms with E-state index >= 15 is 0 Å². The molecule has 0 aromatic heterocycles. The minimum atomic E-state index is -0.373. The fourth-order valence-corrected chi connectivity index (χ4v) is 1.54. The van der Waals surface area contributed by atoms with Crippen LogP contribution in [0, 0.1) is 0 Å². The number of fused-ring (bicyclic) bond motifs is 1. The van der Waals surface area contributed by atoms with Gasteiger partial charge in [-0.05, 0) is 19.1 Å². The molecule has 1 aromatic rings. The summed E-state index contributed by atoms with van der Waals surface area (Å²) >= 11 is 0. The molecule has 5 nitrogen and oxygen atoms in total. The van der Waals surface area contributed by atoms with E-state index < -0.39 is 0 Å². The Morgan fingerprint density at radius 3 is 1.88 bits per heavy atom. The number of amides is 2. The van der Waals surface area contributed by atoms with Crippen LogP contribution in [0.1, 0.15) is 41.5 Å². The number of hydrazone groups is 1.